The number of pyridine rings is 1. The molecule has 0 radical (unpaired) electrons. The molecule has 0 aliphatic rings. The highest BCUT2D eigenvalue weighted by Gasteiger charge is 2.15. The van der Waals surface area contributed by atoms with Gasteiger partial charge in [0.15, 0.2) is 0 Å². The molecule has 1 aromatic rings. The number of hydrogen-bond donors (Lipinski definition) is 1. The van der Waals surface area contributed by atoms with Crippen molar-refractivity contribution in [3.8, 4) is 0 Å². The standard InChI is InChI=1S/C16H29N3/c1-16(2,3)13-14(17)8-11-19(4)12-9-15-7-5-6-10-18-15/h5-7,10,14H,8-9,11-13,17H2,1-4H3. The van der Waals surface area contributed by atoms with Gasteiger partial charge in [-0.25, -0.2) is 0 Å². The molecule has 108 valence electrons. The molecule has 0 saturated carbocycles. The molecule has 0 aliphatic heterocycles. The van der Waals surface area contributed by atoms with Gasteiger partial charge in [0.1, 0.15) is 0 Å². The minimum absolute atomic E-state index is 0.303. The fraction of sp³-hybridized carbons (Fsp3) is 0.688. The second kappa shape index (κ2) is 7.61. The Morgan fingerprint density at radius 2 is 2.00 bits per heavy atom. The molecule has 0 bridgehead atoms. The van der Waals surface area contributed by atoms with Crippen LogP contribution in [0.1, 0.15) is 39.3 Å². The first-order valence-corrected chi connectivity index (χ1v) is 7.21. The van der Waals surface area contributed by atoms with Crippen molar-refractivity contribution in [2.75, 3.05) is 20.1 Å². The lowest BCUT2D eigenvalue weighted by atomic mass is 9.87. The quantitative estimate of drug-likeness (QED) is 0.822. The Hall–Kier alpha value is -0.930. The van der Waals surface area contributed by atoms with E-state index in [1.807, 2.05) is 18.3 Å². The molecule has 1 rings (SSSR count). The lowest BCUT2D eigenvalue weighted by Crippen LogP contribution is -2.32. The van der Waals surface area contributed by atoms with Crippen molar-refractivity contribution in [3.05, 3.63) is 30.1 Å². The van der Waals surface area contributed by atoms with Crippen molar-refractivity contribution in [2.45, 2.75) is 46.1 Å². The fourth-order valence-electron chi connectivity index (χ4n) is 2.24. The second-order valence-electron chi connectivity index (χ2n) is 6.69. The summed E-state index contributed by atoms with van der Waals surface area (Å²) >= 11 is 0. The van der Waals surface area contributed by atoms with Gasteiger partial charge in [0.2, 0.25) is 0 Å². The maximum absolute atomic E-state index is 6.18. The smallest absolute Gasteiger partial charge is 0.0416 e. The van der Waals surface area contributed by atoms with Crippen molar-refractivity contribution in [2.24, 2.45) is 11.1 Å². The molecule has 0 aromatic carbocycles. The predicted molar refractivity (Wildman–Crippen MR) is 82.1 cm³/mol. The molecule has 1 atom stereocenters. The molecule has 1 aromatic heterocycles. The topological polar surface area (TPSA) is 42.2 Å². The Morgan fingerprint density at radius 3 is 2.58 bits per heavy atom. The largest absolute Gasteiger partial charge is 0.328 e. The Balaban J connectivity index is 2.19. The predicted octanol–water partition coefficient (Wildman–Crippen LogP) is 2.71. The molecular formula is C16H29N3. The van der Waals surface area contributed by atoms with Gasteiger partial charge in [0, 0.05) is 30.9 Å². The van der Waals surface area contributed by atoms with Crippen molar-refractivity contribution in [1.29, 1.82) is 0 Å². The molecule has 0 fully saturated rings. The van der Waals surface area contributed by atoms with Crippen molar-refractivity contribution >= 4 is 0 Å². The van der Waals surface area contributed by atoms with E-state index in [0.29, 0.717) is 11.5 Å². The van der Waals surface area contributed by atoms with Gasteiger partial charge in [-0.15, -0.1) is 0 Å². The van der Waals surface area contributed by atoms with Gasteiger partial charge < -0.3 is 10.6 Å². The van der Waals surface area contributed by atoms with Crippen molar-refractivity contribution < 1.29 is 0 Å². The van der Waals surface area contributed by atoms with E-state index in [9.17, 15) is 0 Å². The zero-order chi connectivity index (χ0) is 14.3. The Morgan fingerprint density at radius 1 is 1.26 bits per heavy atom. The highest BCUT2D eigenvalue weighted by Crippen LogP contribution is 2.21. The maximum atomic E-state index is 6.18. The number of nitrogens with zero attached hydrogens (tertiary/aromatic N) is 2. The summed E-state index contributed by atoms with van der Waals surface area (Å²) in [5, 5.41) is 0. The van der Waals surface area contributed by atoms with Gasteiger partial charge in [0.25, 0.3) is 0 Å². The molecule has 3 nitrogen and oxygen atoms in total. The fourth-order valence-corrected chi connectivity index (χ4v) is 2.24. The van der Waals surface area contributed by atoms with E-state index < -0.39 is 0 Å². The number of aromatic nitrogens is 1. The van der Waals surface area contributed by atoms with E-state index in [0.717, 1.165) is 38.0 Å². The monoisotopic (exact) mass is 263 g/mol. The summed E-state index contributed by atoms with van der Waals surface area (Å²) in [5.74, 6) is 0. The molecule has 1 unspecified atom stereocenters. The van der Waals surface area contributed by atoms with Crippen LogP contribution in [0, 0.1) is 5.41 Å². The molecule has 3 heteroatoms. The number of likely N-dealkylation sites (N-methyl/N-ethyl adjacent to an activating group) is 1. The Labute approximate surface area is 118 Å². The molecule has 1 heterocycles. The summed E-state index contributed by atoms with van der Waals surface area (Å²) in [4.78, 5) is 6.69. The Bertz CT molecular complexity index is 343. The minimum atomic E-state index is 0.303. The molecule has 19 heavy (non-hydrogen) atoms. The van der Waals surface area contributed by atoms with Crippen LogP contribution in [-0.2, 0) is 6.42 Å². The molecule has 0 amide bonds. The second-order valence-corrected chi connectivity index (χ2v) is 6.69. The van der Waals surface area contributed by atoms with E-state index in [-0.39, 0.29) is 0 Å². The average molecular weight is 263 g/mol. The van der Waals surface area contributed by atoms with E-state index in [1.165, 1.54) is 0 Å². The third-order valence-electron chi connectivity index (χ3n) is 3.23. The average Bonchev–Trinajstić information content (AvgIpc) is 2.33. The van der Waals surface area contributed by atoms with E-state index >= 15 is 0 Å². The van der Waals surface area contributed by atoms with Crippen LogP contribution >= 0.6 is 0 Å². The summed E-state index contributed by atoms with van der Waals surface area (Å²) in [6.45, 7) is 8.84. The summed E-state index contributed by atoms with van der Waals surface area (Å²) in [7, 11) is 2.16. The van der Waals surface area contributed by atoms with E-state index in [4.69, 9.17) is 5.73 Å². The highest BCUT2D eigenvalue weighted by molar-refractivity contribution is 5.03. The summed E-state index contributed by atoms with van der Waals surface area (Å²) < 4.78 is 0. The third kappa shape index (κ3) is 7.96. The van der Waals surface area contributed by atoms with Gasteiger partial charge in [0.05, 0.1) is 0 Å². The molecule has 0 saturated heterocycles. The van der Waals surface area contributed by atoms with Crippen LogP contribution in [0.15, 0.2) is 24.4 Å². The maximum Gasteiger partial charge on any atom is 0.0416 e. The number of hydrogen-bond acceptors (Lipinski definition) is 3. The van der Waals surface area contributed by atoms with Crippen LogP contribution in [-0.4, -0.2) is 36.1 Å². The first kappa shape index (κ1) is 16.1. The molecule has 0 aliphatic carbocycles. The zero-order valence-corrected chi connectivity index (χ0v) is 12.9. The third-order valence-corrected chi connectivity index (χ3v) is 3.23. The van der Waals surface area contributed by atoms with Gasteiger partial charge in [-0.2, -0.15) is 0 Å². The van der Waals surface area contributed by atoms with Gasteiger partial charge in [-0.05, 0) is 44.0 Å². The van der Waals surface area contributed by atoms with Gasteiger partial charge in [-0.3, -0.25) is 4.98 Å². The van der Waals surface area contributed by atoms with Crippen molar-refractivity contribution in [1.82, 2.24) is 9.88 Å². The zero-order valence-electron chi connectivity index (χ0n) is 12.9. The van der Waals surface area contributed by atoms with Crippen LogP contribution in [0.5, 0.6) is 0 Å². The van der Waals surface area contributed by atoms with Crippen molar-refractivity contribution in [3.63, 3.8) is 0 Å². The molecular weight excluding hydrogens is 234 g/mol. The Kier molecular flexibility index (Phi) is 6.46. The highest BCUT2D eigenvalue weighted by atomic mass is 15.1. The SMILES string of the molecule is CN(CCc1ccccn1)CCC(N)CC(C)(C)C. The number of rotatable bonds is 7. The summed E-state index contributed by atoms with van der Waals surface area (Å²) in [6, 6.07) is 6.39. The van der Waals surface area contributed by atoms with Crippen LogP contribution in [0.25, 0.3) is 0 Å². The van der Waals surface area contributed by atoms with E-state index in [1.54, 1.807) is 0 Å². The molecule has 2 N–H and O–H groups in total. The lowest BCUT2D eigenvalue weighted by molar-refractivity contribution is 0.283. The summed E-state index contributed by atoms with van der Waals surface area (Å²) in [5.41, 5.74) is 7.66. The minimum Gasteiger partial charge on any atom is -0.328 e. The van der Waals surface area contributed by atoms with Crippen LogP contribution in [0.4, 0.5) is 0 Å². The van der Waals surface area contributed by atoms with Crippen LogP contribution in [0.3, 0.4) is 0 Å². The first-order valence-electron chi connectivity index (χ1n) is 7.21. The normalized spacial score (nSPS) is 13.8. The van der Waals surface area contributed by atoms with Crippen LogP contribution in [0.2, 0.25) is 0 Å². The lowest BCUT2D eigenvalue weighted by Gasteiger charge is -2.25. The van der Waals surface area contributed by atoms with Gasteiger partial charge >= 0.3 is 0 Å². The first-order chi connectivity index (χ1) is 8.87. The van der Waals surface area contributed by atoms with E-state index in [2.05, 4.69) is 43.8 Å². The molecule has 0 spiro atoms. The summed E-state index contributed by atoms with van der Waals surface area (Å²) in [6.07, 6.45) is 5.01. The van der Waals surface area contributed by atoms with Crippen LogP contribution < -0.4 is 5.73 Å². The van der Waals surface area contributed by atoms with Gasteiger partial charge in [-0.1, -0.05) is 26.8 Å². The number of nitrogens with two attached hydrogens (primary N) is 1.